The van der Waals surface area contributed by atoms with Gasteiger partial charge in [0, 0.05) is 0 Å². The van der Waals surface area contributed by atoms with Crippen molar-refractivity contribution in [3.8, 4) is 5.75 Å². The number of hydrogen-bond donors (Lipinski definition) is 3. The predicted molar refractivity (Wildman–Crippen MR) is 82.7 cm³/mol. The number of halogens is 2. The molecule has 0 heterocycles. The van der Waals surface area contributed by atoms with Crippen LogP contribution in [0.3, 0.4) is 0 Å². The molecule has 1 atom stereocenters. The van der Waals surface area contributed by atoms with Gasteiger partial charge in [0.05, 0.1) is 21.6 Å². The van der Waals surface area contributed by atoms with Gasteiger partial charge in [0.1, 0.15) is 11.4 Å². The summed E-state index contributed by atoms with van der Waals surface area (Å²) in [7, 11) is 0. The summed E-state index contributed by atoms with van der Waals surface area (Å²) < 4.78 is 5.98. The molecular formula is C13H17Br2NO4. The van der Waals surface area contributed by atoms with Crippen LogP contribution in [0.2, 0.25) is 0 Å². The molecule has 0 radical (unpaired) electrons. The van der Waals surface area contributed by atoms with Gasteiger partial charge in [-0.05, 0) is 70.3 Å². The van der Waals surface area contributed by atoms with Crippen LogP contribution in [0.25, 0.3) is 0 Å². The maximum absolute atomic E-state index is 11.5. The molecule has 0 spiro atoms. The highest BCUT2D eigenvalue weighted by Gasteiger charge is 2.18. The predicted octanol–water partition coefficient (Wildman–Crippen LogP) is 3.48. The third kappa shape index (κ3) is 5.30. The van der Waals surface area contributed by atoms with E-state index >= 15 is 0 Å². The zero-order chi connectivity index (χ0) is 15.5. The van der Waals surface area contributed by atoms with E-state index in [0.717, 1.165) is 0 Å². The summed E-state index contributed by atoms with van der Waals surface area (Å²) in [5.74, 6) is 0.0565. The van der Waals surface area contributed by atoms with Gasteiger partial charge in [0.25, 0.3) is 0 Å². The summed E-state index contributed by atoms with van der Waals surface area (Å²) in [6, 6.07) is 3.17. The number of aromatic hydroxyl groups is 1. The lowest BCUT2D eigenvalue weighted by atomic mass is 10.1. The molecule has 1 amide bonds. The third-order valence-electron chi connectivity index (χ3n) is 2.26. The second-order valence-electron chi connectivity index (χ2n) is 5.23. The lowest BCUT2D eigenvalue weighted by molar-refractivity contribution is 0.0491. The zero-order valence-corrected chi connectivity index (χ0v) is 14.6. The molecule has 7 heteroatoms. The Bertz CT molecular complexity index is 477. The summed E-state index contributed by atoms with van der Waals surface area (Å²) in [5.41, 5.74) is -0.0304. The molecule has 0 aliphatic heterocycles. The average molecular weight is 411 g/mol. The molecule has 0 fully saturated rings. The Labute approximate surface area is 134 Å². The lowest BCUT2D eigenvalue weighted by Gasteiger charge is -2.20. The maximum Gasteiger partial charge on any atom is 0.407 e. The minimum Gasteiger partial charge on any atom is -0.506 e. The van der Waals surface area contributed by atoms with E-state index in [1.54, 1.807) is 32.9 Å². The Balaban J connectivity index is 2.64. The fourth-order valence-electron chi connectivity index (χ4n) is 1.39. The summed E-state index contributed by atoms with van der Waals surface area (Å²) in [6.45, 7) is 5.30. The minimum absolute atomic E-state index is 0.0125. The van der Waals surface area contributed by atoms with Crippen LogP contribution in [-0.4, -0.2) is 28.5 Å². The van der Waals surface area contributed by atoms with Gasteiger partial charge in [-0.15, -0.1) is 0 Å². The molecule has 112 valence electrons. The number of aliphatic hydroxyl groups is 1. The van der Waals surface area contributed by atoms with Crippen LogP contribution in [0.4, 0.5) is 4.79 Å². The van der Waals surface area contributed by atoms with Crippen molar-refractivity contribution in [2.45, 2.75) is 32.5 Å². The number of phenolic OH excluding ortho intramolecular Hbond substituents is 1. The average Bonchev–Trinajstić information content (AvgIpc) is 2.30. The summed E-state index contributed by atoms with van der Waals surface area (Å²) in [6.07, 6.45) is -1.50. The molecule has 0 saturated heterocycles. The minimum atomic E-state index is -0.907. The van der Waals surface area contributed by atoms with Gasteiger partial charge in [-0.3, -0.25) is 0 Å². The Kier molecular flexibility index (Phi) is 5.85. The van der Waals surface area contributed by atoms with Gasteiger partial charge < -0.3 is 20.3 Å². The quantitative estimate of drug-likeness (QED) is 0.712. The van der Waals surface area contributed by atoms with Crippen molar-refractivity contribution in [3.05, 3.63) is 26.6 Å². The SMILES string of the molecule is CC(C)(C)OC(=O)NCC(O)c1cc(Br)c(O)c(Br)c1. The van der Waals surface area contributed by atoms with Gasteiger partial charge in [-0.2, -0.15) is 0 Å². The highest BCUT2D eigenvalue weighted by molar-refractivity contribution is 9.11. The van der Waals surface area contributed by atoms with Crippen molar-refractivity contribution in [2.75, 3.05) is 6.54 Å². The second-order valence-corrected chi connectivity index (χ2v) is 6.94. The first-order valence-corrected chi connectivity index (χ1v) is 7.51. The number of nitrogens with one attached hydrogen (secondary N) is 1. The summed E-state index contributed by atoms with van der Waals surface area (Å²) >= 11 is 6.36. The lowest BCUT2D eigenvalue weighted by Crippen LogP contribution is -2.34. The number of alkyl carbamates (subject to hydrolysis) is 1. The molecule has 20 heavy (non-hydrogen) atoms. The summed E-state index contributed by atoms with van der Waals surface area (Å²) in [4.78, 5) is 11.5. The van der Waals surface area contributed by atoms with E-state index in [4.69, 9.17) is 4.74 Å². The highest BCUT2D eigenvalue weighted by atomic mass is 79.9. The number of carbonyl (C=O) groups is 1. The first kappa shape index (κ1) is 17.3. The van der Waals surface area contributed by atoms with Crippen LogP contribution in [0.1, 0.15) is 32.4 Å². The van der Waals surface area contributed by atoms with E-state index in [2.05, 4.69) is 37.2 Å². The molecule has 0 aliphatic carbocycles. The largest absolute Gasteiger partial charge is 0.506 e. The molecule has 0 aromatic heterocycles. The zero-order valence-electron chi connectivity index (χ0n) is 11.4. The normalized spacial score (nSPS) is 12.9. The molecule has 5 nitrogen and oxygen atoms in total. The van der Waals surface area contributed by atoms with E-state index in [0.29, 0.717) is 14.5 Å². The standard InChI is InChI=1S/C13H17Br2NO4/c1-13(2,3)20-12(19)16-6-10(17)7-4-8(14)11(18)9(15)5-7/h4-5,10,17-18H,6H2,1-3H3,(H,16,19). The van der Waals surface area contributed by atoms with Crippen molar-refractivity contribution in [1.29, 1.82) is 0 Å². The smallest absolute Gasteiger partial charge is 0.407 e. The molecule has 3 N–H and O–H groups in total. The van der Waals surface area contributed by atoms with Crippen LogP contribution < -0.4 is 5.32 Å². The van der Waals surface area contributed by atoms with Crippen LogP contribution in [0.15, 0.2) is 21.1 Å². The van der Waals surface area contributed by atoms with Crippen LogP contribution in [0.5, 0.6) is 5.75 Å². The molecule has 1 rings (SSSR count). The first-order chi connectivity index (χ1) is 9.10. The van der Waals surface area contributed by atoms with Crippen molar-refractivity contribution in [2.24, 2.45) is 0 Å². The number of phenols is 1. The van der Waals surface area contributed by atoms with E-state index in [1.165, 1.54) is 0 Å². The topological polar surface area (TPSA) is 78.8 Å². The molecular weight excluding hydrogens is 394 g/mol. The fraction of sp³-hybridized carbons (Fsp3) is 0.462. The molecule has 1 aromatic rings. The number of rotatable bonds is 3. The van der Waals surface area contributed by atoms with Crippen LogP contribution >= 0.6 is 31.9 Å². The Morgan fingerprint density at radius 3 is 2.30 bits per heavy atom. The molecule has 1 aromatic carbocycles. The van der Waals surface area contributed by atoms with Gasteiger partial charge in [-0.25, -0.2) is 4.79 Å². The Hall–Kier alpha value is -0.790. The number of hydrogen-bond acceptors (Lipinski definition) is 4. The summed E-state index contributed by atoms with van der Waals surface area (Å²) in [5, 5.41) is 22.1. The van der Waals surface area contributed by atoms with Gasteiger partial charge in [-0.1, -0.05) is 0 Å². The van der Waals surface area contributed by atoms with Crippen molar-refractivity contribution in [1.82, 2.24) is 5.32 Å². The van der Waals surface area contributed by atoms with Gasteiger partial charge in [0.15, 0.2) is 0 Å². The fourth-order valence-corrected chi connectivity index (χ4v) is 2.61. The number of amides is 1. The number of ether oxygens (including phenoxy) is 1. The number of aliphatic hydroxyl groups excluding tert-OH is 1. The molecule has 0 saturated carbocycles. The van der Waals surface area contributed by atoms with E-state index in [9.17, 15) is 15.0 Å². The van der Waals surface area contributed by atoms with E-state index in [-0.39, 0.29) is 12.3 Å². The van der Waals surface area contributed by atoms with Gasteiger partial charge >= 0.3 is 6.09 Å². The van der Waals surface area contributed by atoms with E-state index < -0.39 is 17.8 Å². The number of benzene rings is 1. The van der Waals surface area contributed by atoms with Gasteiger partial charge in [0.2, 0.25) is 0 Å². The monoisotopic (exact) mass is 409 g/mol. The first-order valence-electron chi connectivity index (χ1n) is 5.93. The molecule has 0 bridgehead atoms. The Morgan fingerprint density at radius 2 is 1.85 bits per heavy atom. The van der Waals surface area contributed by atoms with Crippen molar-refractivity contribution in [3.63, 3.8) is 0 Å². The van der Waals surface area contributed by atoms with Crippen molar-refractivity contribution >= 4 is 38.0 Å². The van der Waals surface area contributed by atoms with Crippen LogP contribution in [0, 0.1) is 0 Å². The van der Waals surface area contributed by atoms with Crippen LogP contribution in [-0.2, 0) is 4.74 Å². The Morgan fingerprint density at radius 1 is 1.35 bits per heavy atom. The highest BCUT2D eigenvalue weighted by Crippen LogP contribution is 2.34. The maximum atomic E-state index is 11.5. The molecule has 0 aliphatic rings. The van der Waals surface area contributed by atoms with E-state index in [1.807, 2.05) is 0 Å². The third-order valence-corrected chi connectivity index (χ3v) is 3.47. The number of carbonyl (C=O) groups excluding carboxylic acids is 1. The van der Waals surface area contributed by atoms with Crippen molar-refractivity contribution < 1.29 is 19.7 Å². The molecule has 1 unspecified atom stereocenters. The second kappa shape index (κ2) is 6.78.